The summed E-state index contributed by atoms with van der Waals surface area (Å²) in [5.41, 5.74) is 0.376. The molecule has 0 saturated heterocycles. The molecule has 0 heterocycles. The van der Waals surface area contributed by atoms with Gasteiger partial charge in [0, 0.05) is 12.1 Å². The fraction of sp³-hybridized carbons (Fsp3) is 0.417. The molecule has 0 aromatic heterocycles. The highest BCUT2D eigenvalue weighted by Crippen LogP contribution is 2.20. The van der Waals surface area contributed by atoms with Crippen LogP contribution in [-0.4, -0.2) is 33.2 Å². The van der Waals surface area contributed by atoms with E-state index in [1.165, 1.54) is 31.2 Å². The number of hydrogen-bond acceptors (Lipinski definition) is 5. The van der Waals surface area contributed by atoms with Crippen LogP contribution in [0.1, 0.15) is 25.5 Å². The van der Waals surface area contributed by atoms with E-state index < -0.39 is 29.1 Å². The van der Waals surface area contributed by atoms with Crippen LogP contribution in [0.2, 0.25) is 0 Å². The molecule has 0 aliphatic carbocycles. The van der Waals surface area contributed by atoms with Gasteiger partial charge in [-0.25, -0.2) is 0 Å². The summed E-state index contributed by atoms with van der Waals surface area (Å²) in [5.74, 6) is -0.589. The first-order valence-electron chi connectivity index (χ1n) is 5.73. The predicted octanol–water partition coefficient (Wildman–Crippen LogP) is 0.514. The molecule has 0 aliphatic heterocycles. The standard InChI is InChI=1S/C12H16N2O5/c1-7(13-12(17)8(2)15)11(16)9-3-5-10(6-4-9)14(18)19/h3-8,11,15-16H,1-2H3,(H,13,17)/t7-,8?,11?/m1/s1. The predicted molar refractivity (Wildman–Crippen MR) is 67.3 cm³/mol. The van der Waals surface area contributed by atoms with Crippen LogP contribution < -0.4 is 5.32 Å². The second kappa shape index (κ2) is 6.26. The highest BCUT2D eigenvalue weighted by molar-refractivity contribution is 5.80. The largest absolute Gasteiger partial charge is 0.386 e. The van der Waals surface area contributed by atoms with Gasteiger partial charge in [-0.05, 0) is 31.5 Å². The fourth-order valence-electron chi connectivity index (χ4n) is 1.51. The molecule has 0 saturated carbocycles. The van der Waals surface area contributed by atoms with Crippen LogP contribution in [0.15, 0.2) is 24.3 Å². The molecule has 0 fully saturated rings. The van der Waals surface area contributed by atoms with E-state index in [0.29, 0.717) is 5.56 Å². The summed E-state index contributed by atoms with van der Waals surface area (Å²) in [6.07, 6.45) is -2.17. The van der Waals surface area contributed by atoms with E-state index in [-0.39, 0.29) is 5.69 Å². The molecule has 7 nitrogen and oxygen atoms in total. The van der Waals surface area contributed by atoms with E-state index >= 15 is 0 Å². The highest BCUT2D eigenvalue weighted by atomic mass is 16.6. The zero-order valence-corrected chi connectivity index (χ0v) is 10.6. The fourth-order valence-corrected chi connectivity index (χ4v) is 1.51. The van der Waals surface area contributed by atoms with Crippen LogP contribution in [0.5, 0.6) is 0 Å². The first kappa shape index (κ1) is 15.1. The van der Waals surface area contributed by atoms with Crippen LogP contribution >= 0.6 is 0 Å². The second-order valence-corrected chi connectivity index (χ2v) is 4.27. The number of carbonyl (C=O) groups excluding carboxylic acids is 1. The molecular formula is C12H16N2O5. The van der Waals surface area contributed by atoms with Gasteiger partial charge in [0.15, 0.2) is 0 Å². The third-order valence-corrected chi connectivity index (χ3v) is 2.67. The van der Waals surface area contributed by atoms with E-state index in [4.69, 9.17) is 5.11 Å². The Bertz CT molecular complexity index is 458. The topological polar surface area (TPSA) is 113 Å². The monoisotopic (exact) mass is 268 g/mol. The van der Waals surface area contributed by atoms with Crippen molar-refractivity contribution in [2.45, 2.75) is 32.1 Å². The van der Waals surface area contributed by atoms with Gasteiger partial charge in [0.05, 0.1) is 17.1 Å². The Kier molecular flexibility index (Phi) is 4.96. The van der Waals surface area contributed by atoms with Gasteiger partial charge >= 0.3 is 0 Å². The van der Waals surface area contributed by atoms with Crippen molar-refractivity contribution >= 4 is 11.6 Å². The number of nitrogens with one attached hydrogen (secondary N) is 1. The summed E-state index contributed by atoms with van der Waals surface area (Å²) >= 11 is 0. The van der Waals surface area contributed by atoms with E-state index in [1.54, 1.807) is 6.92 Å². The van der Waals surface area contributed by atoms with Crippen LogP contribution in [0.4, 0.5) is 5.69 Å². The van der Waals surface area contributed by atoms with Gasteiger partial charge in [0.2, 0.25) is 5.91 Å². The van der Waals surface area contributed by atoms with Gasteiger partial charge in [0.1, 0.15) is 6.10 Å². The van der Waals surface area contributed by atoms with Crippen molar-refractivity contribution in [3.05, 3.63) is 39.9 Å². The maximum absolute atomic E-state index is 11.3. The molecule has 1 rings (SSSR count). The lowest BCUT2D eigenvalue weighted by Crippen LogP contribution is -2.41. The Labute approximate surface area is 110 Å². The van der Waals surface area contributed by atoms with Crippen molar-refractivity contribution in [2.24, 2.45) is 0 Å². The number of aliphatic hydroxyl groups excluding tert-OH is 2. The maximum atomic E-state index is 11.3. The molecule has 0 aliphatic rings. The molecule has 0 bridgehead atoms. The van der Waals surface area contributed by atoms with Crippen molar-refractivity contribution in [3.8, 4) is 0 Å². The summed E-state index contributed by atoms with van der Waals surface area (Å²) in [5, 5.41) is 32.0. The minimum Gasteiger partial charge on any atom is -0.386 e. The number of non-ortho nitro benzene ring substituents is 1. The molecule has 104 valence electrons. The van der Waals surface area contributed by atoms with Crippen LogP contribution in [0.25, 0.3) is 0 Å². The van der Waals surface area contributed by atoms with Gasteiger partial charge in [-0.3, -0.25) is 14.9 Å². The molecule has 1 amide bonds. The number of aliphatic hydroxyl groups is 2. The van der Waals surface area contributed by atoms with E-state index in [9.17, 15) is 20.0 Å². The van der Waals surface area contributed by atoms with Crippen LogP contribution in [0, 0.1) is 10.1 Å². The molecule has 2 unspecified atom stereocenters. The minimum atomic E-state index is -1.16. The van der Waals surface area contributed by atoms with Gasteiger partial charge in [-0.2, -0.15) is 0 Å². The SMILES string of the molecule is CC(O)C(=O)N[C@H](C)C(O)c1ccc([N+](=O)[O-])cc1. The van der Waals surface area contributed by atoms with Gasteiger partial charge in [0.25, 0.3) is 5.69 Å². The molecule has 1 aromatic rings. The highest BCUT2D eigenvalue weighted by Gasteiger charge is 2.20. The van der Waals surface area contributed by atoms with Crippen molar-refractivity contribution in [3.63, 3.8) is 0 Å². The lowest BCUT2D eigenvalue weighted by atomic mass is 10.0. The van der Waals surface area contributed by atoms with Crippen LogP contribution in [-0.2, 0) is 4.79 Å². The Morgan fingerprint density at radius 1 is 1.26 bits per heavy atom. The Hall–Kier alpha value is -1.99. The van der Waals surface area contributed by atoms with Crippen LogP contribution in [0.3, 0.4) is 0 Å². The maximum Gasteiger partial charge on any atom is 0.269 e. The minimum absolute atomic E-state index is 0.0726. The molecular weight excluding hydrogens is 252 g/mol. The summed E-state index contributed by atoms with van der Waals surface area (Å²) in [7, 11) is 0. The molecule has 1 aromatic carbocycles. The normalized spacial score (nSPS) is 15.4. The van der Waals surface area contributed by atoms with Crippen molar-refractivity contribution < 1.29 is 19.9 Å². The van der Waals surface area contributed by atoms with Gasteiger partial charge in [-0.1, -0.05) is 0 Å². The number of nitro benzene ring substituents is 1. The zero-order valence-electron chi connectivity index (χ0n) is 10.6. The smallest absolute Gasteiger partial charge is 0.269 e. The summed E-state index contributed by atoms with van der Waals surface area (Å²) in [4.78, 5) is 21.2. The molecule has 7 heteroatoms. The van der Waals surface area contributed by atoms with E-state index in [2.05, 4.69) is 5.32 Å². The number of amides is 1. The quantitative estimate of drug-likeness (QED) is 0.532. The Morgan fingerprint density at radius 3 is 2.21 bits per heavy atom. The molecule has 19 heavy (non-hydrogen) atoms. The number of hydrogen-bond donors (Lipinski definition) is 3. The molecule has 3 atom stereocenters. The number of nitrogens with zero attached hydrogens (tertiary/aromatic N) is 1. The van der Waals surface area contributed by atoms with Gasteiger partial charge in [-0.15, -0.1) is 0 Å². The van der Waals surface area contributed by atoms with Crippen molar-refractivity contribution in [2.75, 3.05) is 0 Å². The second-order valence-electron chi connectivity index (χ2n) is 4.27. The first-order chi connectivity index (χ1) is 8.82. The number of rotatable bonds is 5. The molecule has 3 N–H and O–H groups in total. The summed E-state index contributed by atoms with van der Waals surface area (Å²) < 4.78 is 0. The first-order valence-corrected chi connectivity index (χ1v) is 5.73. The Morgan fingerprint density at radius 2 is 1.79 bits per heavy atom. The summed E-state index contributed by atoms with van der Waals surface area (Å²) in [6.45, 7) is 2.90. The third-order valence-electron chi connectivity index (χ3n) is 2.67. The number of nitro groups is 1. The van der Waals surface area contributed by atoms with E-state index in [1.807, 2.05) is 0 Å². The zero-order chi connectivity index (χ0) is 14.6. The van der Waals surface area contributed by atoms with Crippen molar-refractivity contribution in [1.29, 1.82) is 0 Å². The summed E-state index contributed by atoms with van der Waals surface area (Å²) in [6, 6.07) is 4.79. The average molecular weight is 268 g/mol. The van der Waals surface area contributed by atoms with E-state index in [0.717, 1.165) is 0 Å². The lowest BCUT2D eigenvalue weighted by Gasteiger charge is -2.21. The Balaban J connectivity index is 2.73. The lowest BCUT2D eigenvalue weighted by molar-refractivity contribution is -0.384. The van der Waals surface area contributed by atoms with Crippen molar-refractivity contribution in [1.82, 2.24) is 5.32 Å². The van der Waals surface area contributed by atoms with Gasteiger partial charge < -0.3 is 15.5 Å². The third kappa shape index (κ3) is 4.01. The number of benzene rings is 1. The number of carbonyl (C=O) groups is 1. The average Bonchev–Trinajstić information content (AvgIpc) is 2.37. The molecule has 0 spiro atoms. The molecule has 0 radical (unpaired) electrons.